The fourth-order valence-corrected chi connectivity index (χ4v) is 2.15. The second-order valence-electron chi connectivity index (χ2n) is 4.32. The molecule has 0 aromatic carbocycles. The fraction of sp³-hybridized carbons (Fsp3) is 0.800. The van der Waals surface area contributed by atoms with E-state index in [4.69, 9.17) is 0 Å². The van der Waals surface area contributed by atoms with Crippen LogP contribution in [-0.2, 0) is 14.3 Å². The van der Waals surface area contributed by atoms with E-state index in [-0.39, 0.29) is 24.9 Å². The second-order valence-corrected chi connectivity index (χ2v) is 4.32. The van der Waals surface area contributed by atoms with Crippen molar-refractivity contribution in [3.63, 3.8) is 0 Å². The molecule has 0 saturated carbocycles. The lowest BCUT2D eigenvalue weighted by Gasteiger charge is -2.40. The van der Waals surface area contributed by atoms with Crippen molar-refractivity contribution in [2.75, 3.05) is 20.1 Å². The maximum atomic E-state index is 11.9. The molecule has 0 spiro atoms. The zero-order valence-corrected chi connectivity index (χ0v) is 9.44. The van der Waals surface area contributed by atoms with Gasteiger partial charge in [0.15, 0.2) is 0 Å². The lowest BCUT2D eigenvalue weighted by molar-refractivity contribution is -0.200. The van der Waals surface area contributed by atoms with Crippen molar-refractivity contribution < 1.29 is 23.1 Å². The van der Waals surface area contributed by atoms with Crippen molar-refractivity contribution in [3.05, 3.63) is 0 Å². The number of nitrogens with zero attached hydrogens (tertiary/aromatic N) is 2. The van der Waals surface area contributed by atoms with E-state index in [9.17, 15) is 18.4 Å². The molecule has 5 nitrogen and oxygen atoms in total. The van der Waals surface area contributed by atoms with Crippen molar-refractivity contribution in [1.29, 1.82) is 0 Å². The quantitative estimate of drug-likeness (QED) is 0.709. The molecule has 2 aliphatic rings. The number of likely N-dealkylation sites (tertiary alicyclic amines) is 2. The summed E-state index contributed by atoms with van der Waals surface area (Å²) in [6.45, 7) is -2.43. The van der Waals surface area contributed by atoms with Crippen LogP contribution in [0.15, 0.2) is 0 Å². The number of alkyl halides is 2. The molecule has 1 atom stereocenters. The minimum atomic E-state index is -2.80. The summed E-state index contributed by atoms with van der Waals surface area (Å²) in [5, 5.41) is 0. The van der Waals surface area contributed by atoms with Crippen LogP contribution < -0.4 is 0 Å². The van der Waals surface area contributed by atoms with E-state index in [1.54, 1.807) is 7.05 Å². The van der Waals surface area contributed by atoms with Gasteiger partial charge in [-0.25, -0.2) is 0 Å². The highest BCUT2D eigenvalue weighted by Crippen LogP contribution is 2.22. The van der Waals surface area contributed by atoms with Gasteiger partial charge in [-0.15, -0.1) is 0 Å². The number of rotatable bonds is 3. The number of hydrogen-bond acceptors (Lipinski definition) is 3. The molecule has 0 radical (unpaired) electrons. The number of hydrogen-bond donors (Lipinski definition) is 0. The molecule has 2 saturated heterocycles. The molecule has 2 amide bonds. The molecule has 2 fully saturated rings. The average Bonchev–Trinajstić information content (AvgIpc) is 2.52. The molecule has 0 N–H and O–H groups in total. The Morgan fingerprint density at radius 2 is 2.12 bits per heavy atom. The molecular weight excluding hydrogens is 234 g/mol. The van der Waals surface area contributed by atoms with Crippen molar-refractivity contribution >= 4 is 11.8 Å². The molecule has 7 heteroatoms. The topological polar surface area (TPSA) is 49.9 Å². The van der Waals surface area contributed by atoms with Crippen molar-refractivity contribution in [2.24, 2.45) is 0 Å². The summed E-state index contributed by atoms with van der Waals surface area (Å²) in [5.74, 6) is -0.225. The third-order valence-corrected chi connectivity index (χ3v) is 3.23. The Bertz CT molecular complexity index is 332. The van der Waals surface area contributed by atoms with E-state index in [0.717, 1.165) is 0 Å². The summed E-state index contributed by atoms with van der Waals surface area (Å²) in [4.78, 5) is 26.0. The number of carbonyl (C=O) groups excluding carboxylic acids is 2. The molecule has 2 heterocycles. The monoisotopic (exact) mass is 248 g/mol. The van der Waals surface area contributed by atoms with Gasteiger partial charge >= 0.3 is 6.61 Å². The third-order valence-electron chi connectivity index (χ3n) is 3.23. The molecule has 0 aliphatic carbocycles. The van der Waals surface area contributed by atoms with Gasteiger partial charge in [-0.3, -0.25) is 9.59 Å². The number of ether oxygens (including phenoxy) is 1. The molecular formula is C10H14F2N2O3. The van der Waals surface area contributed by atoms with Crippen LogP contribution in [0.2, 0.25) is 0 Å². The van der Waals surface area contributed by atoms with E-state index < -0.39 is 18.8 Å². The summed E-state index contributed by atoms with van der Waals surface area (Å²) in [6, 6.07) is -0.435. The van der Waals surface area contributed by atoms with E-state index in [2.05, 4.69) is 4.74 Å². The van der Waals surface area contributed by atoms with Gasteiger partial charge in [0.1, 0.15) is 6.04 Å². The number of halogens is 2. The van der Waals surface area contributed by atoms with Crippen LogP contribution in [0.1, 0.15) is 12.8 Å². The largest absolute Gasteiger partial charge is 0.345 e. The highest BCUT2D eigenvalue weighted by atomic mass is 19.3. The fourth-order valence-electron chi connectivity index (χ4n) is 2.15. The van der Waals surface area contributed by atoms with Crippen molar-refractivity contribution in [1.82, 2.24) is 9.80 Å². The first-order chi connectivity index (χ1) is 7.99. The lowest BCUT2D eigenvalue weighted by Crippen LogP contribution is -2.59. The van der Waals surface area contributed by atoms with Gasteiger partial charge in [-0.1, -0.05) is 0 Å². The smallest absolute Gasteiger partial charge is 0.336 e. The van der Waals surface area contributed by atoms with Crippen LogP contribution in [0.25, 0.3) is 0 Å². The highest BCUT2D eigenvalue weighted by Gasteiger charge is 2.41. The van der Waals surface area contributed by atoms with Crippen LogP contribution >= 0.6 is 0 Å². The van der Waals surface area contributed by atoms with E-state index >= 15 is 0 Å². The second kappa shape index (κ2) is 4.56. The Morgan fingerprint density at radius 3 is 2.59 bits per heavy atom. The summed E-state index contributed by atoms with van der Waals surface area (Å²) >= 11 is 0. The van der Waals surface area contributed by atoms with Crippen LogP contribution in [0.3, 0.4) is 0 Å². The molecule has 1 unspecified atom stereocenters. The van der Waals surface area contributed by atoms with Gasteiger partial charge in [-0.05, 0) is 6.42 Å². The van der Waals surface area contributed by atoms with Gasteiger partial charge in [0.25, 0.3) is 0 Å². The first-order valence-corrected chi connectivity index (χ1v) is 5.47. The van der Waals surface area contributed by atoms with Gasteiger partial charge in [0, 0.05) is 26.6 Å². The summed E-state index contributed by atoms with van der Waals surface area (Å²) in [5.41, 5.74) is 0. The van der Waals surface area contributed by atoms with Crippen LogP contribution in [0.5, 0.6) is 0 Å². The molecule has 96 valence electrons. The molecule has 0 aromatic heterocycles. The number of amides is 2. The zero-order chi connectivity index (χ0) is 12.6. The Morgan fingerprint density at radius 1 is 1.47 bits per heavy atom. The maximum Gasteiger partial charge on any atom is 0.345 e. The van der Waals surface area contributed by atoms with Crippen LogP contribution in [0.4, 0.5) is 8.78 Å². The summed E-state index contributed by atoms with van der Waals surface area (Å²) in [7, 11) is 1.59. The van der Waals surface area contributed by atoms with E-state index in [1.165, 1.54) is 9.80 Å². The average molecular weight is 248 g/mol. The predicted octanol–water partition coefficient (Wildman–Crippen LogP) is 0.0572. The van der Waals surface area contributed by atoms with Gasteiger partial charge in [0.05, 0.1) is 6.10 Å². The minimum Gasteiger partial charge on any atom is -0.336 e. The maximum absolute atomic E-state index is 11.9. The summed E-state index contributed by atoms with van der Waals surface area (Å²) in [6.07, 6.45) is 0.296. The predicted molar refractivity (Wildman–Crippen MR) is 53.2 cm³/mol. The molecule has 0 bridgehead atoms. The normalized spacial score (nSPS) is 25.6. The van der Waals surface area contributed by atoms with E-state index in [1.807, 2.05) is 0 Å². The standard InChI is InChI=1S/C10H14F2N2O3/c1-13-7(2-3-8(13)15)9(16)14-4-6(5-14)17-10(11)12/h6-7,10H,2-5H2,1H3. The first-order valence-electron chi connectivity index (χ1n) is 5.47. The Hall–Kier alpha value is -1.24. The molecule has 17 heavy (non-hydrogen) atoms. The first kappa shape index (κ1) is 12.2. The van der Waals surface area contributed by atoms with E-state index in [0.29, 0.717) is 12.8 Å². The lowest BCUT2D eigenvalue weighted by atomic mass is 10.1. The third kappa shape index (κ3) is 2.38. The van der Waals surface area contributed by atoms with Crippen LogP contribution in [-0.4, -0.2) is 60.5 Å². The number of carbonyl (C=O) groups is 2. The molecule has 0 aromatic rings. The SMILES string of the molecule is CN1C(=O)CCC1C(=O)N1CC(OC(F)F)C1. The number of likely N-dealkylation sites (N-methyl/N-ethyl adjacent to an activating group) is 1. The minimum absolute atomic E-state index is 0.0516. The Kier molecular flexibility index (Phi) is 3.28. The zero-order valence-electron chi connectivity index (χ0n) is 9.44. The molecule has 2 rings (SSSR count). The summed E-state index contributed by atoms with van der Waals surface area (Å²) < 4.78 is 28.0. The van der Waals surface area contributed by atoms with Crippen molar-refractivity contribution in [2.45, 2.75) is 31.6 Å². The van der Waals surface area contributed by atoms with Crippen LogP contribution in [0, 0.1) is 0 Å². The Balaban J connectivity index is 1.81. The van der Waals surface area contributed by atoms with Crippen molar-refractivity contribution in [3.8, 4) is 0 Å². The van der Waals surface area contributed by atoms with Gasteiger partial charge < -0.3 is 14.5 Å². The Labute approximate surface area is 97.3 Å². The highest BCUT2D eigenvalue weighted by molar-refractivity contribution is 5.91. The van der Waals surface area contributed by atoms with Gasteiger partial charge in [-0.2, -0.15) is 8.78 Å². The molecule has 2 aliphatic heterocycles. The van der Waals surface area contributed by atoms with Gasteiger partial charge in [0.2, 0.25) is 11.8 Å².